The highest BCUT2D eigenvalue weighted by Gasteiger charge is 2.31. The second kappa shape index (κ2) is 8.38. The molecule has 1 heterocycles. The summed E-state index contributed by atoms with van der Waals surface area (Å²) in [6.07, 6.45) is 0. The molecule has 0 spiro atoms. The Morgan fingerprint density at radius 3 is 2.16 bits per heavy atom. The van der Waals surface area contributed by atoms with E-state index in [0.717, 1.165) is 22.4 Å². The van der Waals surface area contributed by atoms with Gasteiger partial charge in [0, 0.05) is 11.3 Å². The molecule has 2 amide bonds. The zero-order chi connectivity index (χ0) is 22.9. The number of hydrazine groups is 1. The second-order valence-corrected chi connectivity index (χ2v) is 8.98. The van der Waals surface area contributed by atoms with Crippen LogP contribution in [0.3, 0.4) is 0 Å². The van der Waals surface area contributed by atoms with Crippen LogP contribution in [0.1, 0.15) is 61.7 Å². The maximum absolute atomic E-state index is 13.0. The number of carbonyl (C=O) groups excluding carboxylic acids is 2. The van der Waals surface area contributed by atoms with Gasteiger partial charge in [0.2, 0.25) is 0 Å². The lowest BCUT2D eigenvalue weighted by atomic mass is 9.87. The van der Waals surface area contributed by atoms with Crippen LogP contribution in [0.15, 0.2) is 58.8 Å². The van der Waals surface area contributed by atoms with Gasteiger partial charge in [0.05, 0.1) is 17.0 Å². The van der Waals surface area contributed by atoms with Crippen molar-refractivity contribution in [1.29, 1.82) is 0 Å². The minimum Gasteiger partial charge on any atom is -0.302 e. The van der Waals surface area contributed by atoms with Crippen molar-refractivity contribution < 1.29 is 9.59 Å². The SMILES string of the molecule is CC1=NN(c2ccc(C)c(C)c2)C(=O)/C1=C(/C)NNC(=O)c1ccc(C(C)(C)C)cc1. The molecule has 6 nitrogen and oxygen atoms in total. The number of hydrogen-bond acceptors (Lipinski definition) is 4. The number of amides is 2. The molecular weight excluding hydrogens is 388 g/mol. The first-order valence-corrected chi connectivity index (χ1v) is 10.3. The van der Waals surface area contributed by atoms with E-state index < -0.39 is 0 Å². The zero-order valence-electron chi connectivity index (χ0n) is 19.3. The van der Waals surface area contributed by atoms with Gasteiger partial charge in [-0.15, -0.1) is 0 Å². The summed E-state index contributed by atoms with van der Waals surface area (Å²) in [5, 5.41) is 5.82. The maximum atomic E-state index is 13.0. The Labute approximate surface area is 184 Å². The summed E-state index contributed by atoms with van der Waals surface area (Å²) in [5.41, 5.74) is 11.8. The van der Waals surface area contributed by atoms with E-state index in [1.54, 1.807) is 26.0 Å². The second-order valence-electron chi connectivity index (χ2n) is 8.98. The molecule has 0 atom stereocenters. The highest BCUT2D eigenvalue weighted by molar-refractivity contribution is 6.30. The fourth-order valence-electron chi connectivity index (χ4n) is 3.38. The molecule has 0 aliphatic carbocycles. The van der Waals surface area contributed by atoms with Crippen molar-refractivity contribution in [3.05, 3.63) is 76.0 Å². The van der Waals surface area contributed by atoms with Gasteiger partial charge in [-0.3, -0.25) is 15.0 Å². The molecule has 0 fully saturated rings. The molecule has 1 aliphatic heterocycles. The van der Waals surface area contributed by atoms with E-state index in [0.29, 0.717) is 22.5 Å². The van der Waals surface area contributed by atoms with E-state index in [1.807, 2.05) is 44.2 Å². The van der Waals surface area contributed by atoms with Gasteiger partial charge in [0.25, 0.3) is 11.8 Å². The number of nitrogens with zero attached hydrogens (tertiary/aromatic N) is 2. The Bertz CT molecular complexity index is 1090. The molecule has 0 saturated heterocycles. The number of carbonyl (C=O) groups is 2. The average molecular weight is 419 g/mol. The van der Waals surface area contributed by atoms with Gasteiger partial charge in [0.1, 0.15) is 0 Å². The monoisotopic (exact) mass is 418 g/mol. The number of rotatable bonds is 4. The number of nitrogens with one attached hydrogen (secondary N) is 2. The van der Waals surface area contributed by atoms with Gasteiger partial charge in [-0.25, -0.2) is 0 Å². The summed E-state index contributed by atoms with van der Waals surface area (Å²) in [6.45, 7) is 13.9. The Kier molecular flexibility index (Phi) is 6.02. The van der Waals surface area contributed by atoms with Crippen LogP contribution in [-0.4, -0.2) is 17.5 Å². The van der Waals surface area contributed by atoms with Crippen LogP contribution >= 0.6 is 0 Å². The minimum atomic E-state index is -0.272. The van der Waals surface area contributed by atoms with E-state index >= 15 is 0 Å². The molecule has 0 radical (unpaired) electrons. The van der Waals surface area contributed by atoms with Crippen LogP contribution in [0.2, 0.25) is 0 Å². The number of anilines is 1. The number of allylic oxidation sites excluding steroid dienone is 1. The van der Waals surface area contributed by atoms with E-state index in [9.17, 15) is 9.59 Å². The summed E-state index contributed by atoms with van der Waals surface area (Å²) in [7, 11) is 0. The predicted octanol–water partition coefficient (Wildman–Crippen LogP) is 4.53. The first-order chi connectivity index (χ1) is 14.5. The maximum Gasteiger partial charge on any atom is 0.282 e. The van der Waals surface area contributed by atoms with Crippen LogP contribution in [-0.2, 0) is 10.2 Å². The first-order valence-electron chi connectivity index (χ1n) is 10.3. The number of hydrazone groups is 1. The quantitative estimate of drug-likeness (QED) is 0.566. The Morgan fingerprint density at radius 2 is 1.58 bits per heavy atom. The standard InChI is InChI=1S/C25H30N4O2/c1-15-8-13-21(14-16(15)2)29-24(31)22(18(4)28-29)17(3)26-27-23(30)19-9-11-20(12-10-19)25(5,6)7/h8-14,26H,1-7H3,(H,27,30)/b22-17-. The predicted molar refractivity (Wildman–Crippen MR) is 125 cm³/mol. The summed E-state index contributed by atoms with van der Waals surface area (Å²) in [4.78, 5) is 25.5. The van der Waals surface area contributed by atoms with Gasteiger partial charge in [-0.05, 0) is 74.1 Å². The van der Waals surface area contributed by atoms with Crippen LogP contribution in [0, 0.1) is 13.8 Å². The van der Waals surface area contributed by atoms with Crippen LogP contribution in [0.4, 0.5) is 5.69 Å². The van der Waals surface area contributed by atoms with Crippen molar-refractivity contribution in [2.45, 2.75) is 53.9 Å². The van der Waals surface area contributed by atoms with E-state index in [1.165, 1.54) is 5.01 Å². The van der Waals surface area contributed by atoms with Crippen molar-refractivity contribution in [2.24, 2.45) is 5.10 Å². The van der Waals surface area contributed by atoms with Crippen LogP contribution in [0.25, 0.3) is 0 Å². The molecular formula is C25H30N4O2. The third kappa shape index (κ3) is 4.68. The molecule has 0 aromatic heterocycles. The summed E-state index contributed by atoms with van der Waals surface area (Å²) >= 11 is 0. The number of benzene rings is 2. The van der Waals surface area contributed by atoms with Crippen molar-refractivity contribution in [3.8, 4) is 0 Å². The zero-order valence-corrected chi connectivity index (χ0v) is 19.3. The minimum absolute atomic E-state index is 0.0236. The molecule has 0 saturated carbocycles. The third-order valence-electron chi connectivity index (χ3n) is 5.50. The highest BCUT2D eigenvalue weighted by Crippen LogP contribution is 2.26. The molecule has 1 aliphatic rings. The van der Waals surface area contributed by atoms with Crippen molar-refractivity contribution >= 4 is 23.2 Å². The van der Waals surface area contributed by atoms with Crippen molar-refractivity contribution in [3.63, 3.8) is 0 Å². The van der Waals surface area contributed by atoms with E-state index in [4.69, 9.17) is 0 Å². The lowest BCUT2D eigenvalue weighted by Gasteiger charge is -2.19. The Hall–Kier alpha value is -3.41. The number of hydrogen-bond donors (Lipinski definition) is 2. The fourth-order valence-corrected chi connectivity index (χ4v) is 3.38. The van der Waals surface area contributed by atoms with Gasteiger partial charge < -0.3 is 5.43 Å². The summed E-state index contributed by atoms with van der Waals surface area (Å²) in [5.74, 6) is -0.499. The van der Waals surface area contributed by atoms with Crippen molar-refractivity contribution in [2.75, 3.05) is 5.01 Å². The Balaban J connectivity index is 1.73. The molecule has 2 aromatic rings. The van der Waals surface area contributed by atoms with Crippen LogP contribution in [0.5, 0.6) is 0 Å². The molecule has 2 N–H and O–H groups in total. The lowest BCUT2D eigenvalue weighted by molar-refractivity contribution is -0.114. The highest BCUT2D eigenvalue weighted by atomic mass is 16.2. The largest absolute Gasteiger partial charge is 0.302 e. The van der Waals surface area contributed by atoms with Gasteiger partial charge in [0.15, 0.2) is 0 Å². The summed E-state index contributed by atoms with van der Waals surface area (Å²) in [6, 6.07) is 13.3. The summed E-state index contributed by atoms with van der Waals surface area (Å²) < 4.78 is 0. The van der Waals surface area contributed by atoms with Crippen molar-refractivity contribution in [1.82, 2.24) is 10.9 Å². The molecule has 0 unspecified atom stereocenters. The molecule has 2 aromatic carbocycles. The smallest absolute Gasteiger partial charge is 0.282 e. The molecule has 31 heavy (non-hydrogen) atoms. The van der Waals surface area contributed by atoms with E-state index in [-0.39, 0.29) is 17.2 Å². The lowest BCUT2D eigenvalue weighted by Crippen LogP contribution is -2.37. The average Bonchev–Trinajstić information content (AvgIpc) is 3.01. The topological polar surface area (TPSA) is 73.8 Å². The Morgan fingerprint density at radius 1 is 0.935 bits per heavy atom. The van der Waals surface area contributed by atoms with Gasteiger partial charge in [-0.2, -0.15) is 10.1 Å². The normalized spacial score (nSPS) is 15.6. The van der Waals surface area contributed by atoms with Gasteiger partial charge in [-0.1, -0.05) is 39.0 Å². The fraction of sp³-hybridized carbons (Fsp3) is 0.320. The molecule has 0 bridgehead atoms. The first kappa shape index (κ1) is 22.3. The number of aryl methyl sites for hydroxylation is 2. The molecule has 6 heteroatoms. The van der Waals surface area contributed by atoms with E-state index in [2.05, 4.69) is 36.7 Å². The third-order valence-corrected chi connectivity index (χ3v) is 5.50. The van der Waals surface area contributed by atoms with Crippen LogP contribution < -0.4 is 15.9 Å². The molecule has 3 rings (SSSR count). The van der Waals surface area contributed by atoms with Gasteiger partial charge >= 0.3 is 0 Å². The molecule has 162 valence electrons.